The first-order chi connectivity index (χ1) is 13.1. The molecular formula is C19H23N5O2S. The van der Waals surface area contributed by atoms with Gasteiger partial charge in [-0.3, -0.25) is 9.48 Å². The highest BCUT2D eigenvalue weighted by Gasteiger charge is 2.24. The van der Waals surface area contributed by atoms with Gasteiger partial charge in [-0.25, -0.2) is 4.98 Å². The molecule has 1 saturated heterocycles. The van der Waals surface area contributed by atoms with E-state index >= 15 is 0 Å². The van der Waals surface area contributed by atoms with Gasteiger partial charge in [0.15, 0.2) is 5.13 Å². The van der Waals surface area contributed by atoms with Crippen LogP contribution in [-0.4, -0.2) is 46.4 Å². The fourth-order valence-corrected chi connectivity index (χ4v) is 4.38. The summed E-state index contributed by atoms with van der Waals surface area (Å²) in [6.45, 7) is 4.35. The maximum Gasteiger partial charge on any atom is 0.272 e. The standard InChI is InChI=1S/C19H23N5O2S/c1-3-26-14-6-7-15-17(11-14)27-19(21-15)24-9-4-5-13(12-24)20-18(25)16-8-10-23(2)22-16/h6-8,10-11,13H,3-5,9,12H2,1-2H3,(H,20,25). The second-order valence-electron chi connectivity index (χ2n) is 6.69. The van der Waals surface area contributed by atoms with Crippen molar-refractivity contribution in [3.8, 4) is 5.75 Å². The first-order valence-corrected chi connectivity index (χ1v) is 10.0. The molecule has 0 aliphatic carbocycles. The van der Waals surface area contributed by atoms with Crippen molar-refractivity contribution in [2.24, 2.45) is 7.05 Å². The van der Waals surface area contributed by atoms with Crippen LogP contribution in [0.15, 0.2) is 30.5 Å². The smallest absolute Gasteiger partial charge is 0.272 e. The number of nitrogens with one attached hydrogen (secondary N) is 1. The monoisotopic (exact) mass is 385 g/mol. The van der Waals surface area contributed by atoms with Crippen molar-refractivity contribution in [3.05, 3.63) is 36.2 Å². The van der Waals surface area contributed by atoms with E-state index in [0.29, 0.717) is 12.3 Å². The number of amides is 1. The van der Waals surface area contributed by atoms with E-state index in [1.807, 2.05) is 32.2 Å². The molecular weight excluding hydrogens is 362 g/mol. The van der Waals surface area contributed by atoms with Gasteiger partial charge in [-0.15, -0.1) is 0 Å². The molecule has 0 saturated carbocycles. The van der Waals surface area contributed by atoms with E-state index in [1.54, 1.807) is 28.3 Å². The van der Waals surface area contributed by atoms with Crippen LogP contribution in [0.4, 0.5) is 5.13 Å². The van der Waals surface area contributed by atoms with Gasteiger partial charge >= 0.3 is 0 Å². The Hall–Kier alpha value is -2.61. The van der Waals surface area contributed by atoms with Crippen molar-refractivity contribution in [1.29, 1.82) is 0 Å². The summed E-state index contributed by atoms with van der Waals surface area (Å²) in [6.07, 6.45) is 3.77. The molecule has 0 bridgehead atoms. The molecule has 7 nitrogen and oxygen atoms in total. The Morgan fingerprint density at radius 2 is 2.30 bits per heavy atom. The summed E-state index contributed by atoms with van der Waals surface area (Å²) in [4.78, 5) is 19.4. The summed E-state index contributed by atoms with van der Waals surface area (Å²) >= 11 is 1.67. The number of carbonyl (C=O) groups is 1. The number of aryl methyl sites for hydroxylation is 1. The number of aromatic nitrogens is 3. The lowest BCUT2D eigenvalue weighted by Gasteiger charge is -2.32. The van der Waals surface area contributed by atoms with Gasteiger partial charge in [0.2, 0.25) is 0 Å². The van der Waals surface area contributed by atoms with Gasteiger partial charge in [-0.2, -0.15) is 5.10 Å². The molecule has 1 atom stereocenters. The molecule has 1 aliphatic heterocycles. The third-order valence-electron chi connectivity index (χ3n) is 4.63. The lowest BCUT2D eigenvalue weighted by Crippen LogP contribution is -2.47. The number of fused-ring (bicyclic) bond motifs is 1. The first kappa shape index (κ1) is 17.8. The molecule has 3 aromatic rings. The summed E-state index contributed by atoms with van der Waals surface area (Å²) < 4.78 is 8.34. The lowest BCUT2D eigenvalue weighted by molar-refractivity contribution is 0.0927. The van der Waals surface area contributed by atoms with Gasteiger partial charge in [0.05, 0.1) is 16.8 Å². The highest BCUT2D eigenvalue weighted by molar-refractivity contribution is 7.22. The molecule has 4 rings (SSSR count). The van der Waals surface area contributed by atoms with Gasteiger partial charge in [0, 0.05) is 32.4 Å². The van der Waals surface area contributed by atoms with Crippen LogP contribution in [0.1, 0.15) is 30.3 Å². The summed E-state index contributed by atoms with van der Waals surface area (Å²) in [5.74, 6) is 0.757. The average molecular weight is 385 g/mol. The Balaban J connectivity index is 1.46. The van der Waals surface area contributed by atoms with E-state index in [4.69, 9.17) is 9.72 Å². The number of hydrogen-bond acceptors (Lipinski definition) is 6. The Bertz CT molecular complexity index is 951. The number of benzene rings is 1. The SMILES string of the molecule is CCOc1ccc2nc(N3CCCC(NC(=O)c4ccn(C)n4)C3)sc2c1. The van der Waals surface area contributed by atoms with Crippen molar-refractivity contribution in [1.82, 2.24) is 20.1 Å². The molecule has 142 valence electrons. The Labute approximate surface area is 162 Å². The minimum atomic E-state index is -0.117. The van der Waals surface area contributed by atoms with Crippen LogP contribution in [0.3, 0.4) is 0 Å². The molecule has 1 fully saturated rings. The van der Waals surface area contributed by atoms with E-state index in [1.165, 1.54) is 0 Å². The van der Waals surface area contributed by atoms with Gasteiger partial charge < -0.3 is 15.0 Å². The number of rotatable bonds is 5. The van der Waals surface area contributed by atoms with Crippen molar-refractivity contribution in [3.63, 3.8) is 0 Å². The van der Waals surface area contributed by atoms with Gasteiger partial charge in [0.1, 0.15) is 11.4 Å². The largest absolute Gasteiger partial charge is 0.494 e. The van der Waals surface area contributed by atoms with Crippen LogP contribution in [-0.2, 0) is 7.05 Å². The molecule has 2 aromatic heterocycles. The topological polar surface area (TPSA) is 72.3 Å². The van der Waals surface area contributed by atoms with E-state index in [0.717, 1.165) is 47.0 Å². The van der Waals surface area contributed by atoms with Crippen LogP contribution in [0.25, 0.3) is 10.2 Å². The minimum Gasteiger partial charge on any atom is -0.494 e. The number of nitrogens with zero attached hydrogens (tertiary/aromatic N) is 4. The number of hydrogen-bond donors (Lipinski definition) is 1. The van der Waals surface area contributed by atoms with Crippen LogP contribution < -0.4 is 15.0 Å². The second kappa shape index (κ2) is 7.56. The predicted molar refractivity (Wildman–Crippen MR) is 107 cm³/mol. The van der Waals surface area contributed by atoms with Crippen LogP contribution in [0.2, 0.25) is 0 Å². The highest BCUT2D eigenvalue weighted by Crippen LogP contribution is 2.32. The Kier molecular flexibility index (Phi) is 4.98. The number of anilines is 1. The molecule has 1 aromatic carbocycles. The predicted octanol–water partition coefficient (Wildman–Crippen LogP) is 2.83. The van der Waals surface area contributed by atoms with Crippen molar-refractivity contribution in [2.75, 3.05) is 24.6 Å². The Morgan fingerprint density at radius 3 is 3.07 bits per heavy atom. The van der Waals surface area contributed by atoms with Crippen LogP contribution in [0.5, 0.6) is 5.75 Å². The zero-order chi connectivity index (χ0) is 18.8. The quantitative estimate of drug-likeness (QED) is 0.731. The average Bonchev–Trinajstić information content (AvgIpc) is 3.28. The fourth-order valence-electron chi connectivity index (χ4n) is 3.35. The van der Waals surface area contributed by atoms with Gasteiger partial charge in [-0.05, 0) is 44.0 Å². The van der Waals surface area contributed by atoms with Crippen molar-refractivity contribution < 1.29 is 9.53 Å². The van der Waals surface area contributed by atoms with Crippen LogP contribution in [0, 0.1) is 0 Å². The minimum absolute atomic E-state index is 0.0965. The molecule has 0 spiro atoms. The van der Waals surface area contributed by atoms with E-state index in [-0.39, 0.29) is 11.9 Å². The van der Waals surface area contributed by atoms with Crippen molar-refractivity contribution in [2.45, 2.75) is 25.8 Å². The zero-order valence-electron chi connectivity index (χ0n) is 15.5. The number of ether oxygens (including phenoxy) is 1. The third-order valence-corrected chi connectivity index (χ3v) is 5.71. The molecule has 1 amide bonds. The summed E-state index contributed by atoms with van der Waals surface area (Å²) in [5.41, 5.74) is 1.44. The maximum atomic E-state index is 12.4. The number of piperidine rings is 1. The van der Waals surface area contributed by atoms with E-state index < -0.39 is 0 Å². The molecule has 1 N–H and O–H groups in total. The summed E-state index contributed by atoms with van der Waals surface area (Å²) in [5, 5.41) is 8.28. The molecule has 1 unspecified atom stereocenters. The second-order valence-corrected chi connectivity index (χ2v) is 7.70. The zero-order valence-corrected chi connectivity index (χ0v) is 16.3. The fraction of sp³-hybridized carbons (Fsp3) is 0.421. The Morgan fingerprint density at radius 1 is 1.41 bits per heavy atom. The van der Waals surface area contributed by atoms with Crippen molar-refractivity contribution >= 4 is 32.6 Å². The molecule has 27 heavy (non-hydrogen) atoms. The molecule has 1 aliphatic rings. The number of thiazole rings is 1. The maximum absolute atomic E-state index is 12.4. The number of carbonyl (C=O) groups excluding carboxylic acids is 1. The molecule has 8 heteroatoms. The normalized spacial score (nSPS) is 17.3. The first-order valence-electron chi connectivity index (χ1n) is 9.21. The summed E-state index contributed by atoms with van der Waals surface area (Å²) in [6, 6.07) is 7.84. The van der Waals surface area contributed by atoms with Gasteiger partial charge in [-0.1, -0.05) is 11.3 Å². The van der Waals surface area contributed by atoms with Crippen LogP contribution >= 0.6 is 11.3 Å². The third kappa shape index (κ3) is 3.90. The summed E-state index contributed by atoms with van der Waals surface area (Å²) in [7, 11) is 1.81. The molecule has 0 radical (unpaired) electrons. The highest BCUT2D eigenvalue weighted by atomic mass is 32.1. The lowest BCUT2D eigenvalue weighted by atomic mass is 10.1. The van der Waals surface area contributed by atoms with E-state index in [2.05, 4.69) is 15.3 Å². The van der Waals surface area contributed by atoms with E-state index in [9.17, 15) is 4.79 Å². The molecule has 3 heterocycles. The van der Waals surface area contributed by atoms with Gasteiger partial charge in [0.25, 0.3) is 5.91 Å².